The fraction of sp³-hybridized carbons (Fsp3) is 0.500. The van der Waals surface area contributed by atoms with Crippen molar-refractivity contribution in [2.45, 2.75) is 38.3 Å². The summed E-state index contributed by atoms with van der Waals surface area (Å²) >= 11 is 0. The highest BCUT2D eigenvalue weighted by Crippen LogP contribution is 2.43. The highest BCUT2D eigenvalue weighted by molar-refractivity contribution is 5.95. The Hall–Kier alpha value is -1.84. The standard InChI is InChI=1S/C16H20N2O2/c1-2-6-12-9-13(12)18-14(19)10-17-16(20)15(18)11-7-4-3-5-8-11/h3-5,7-8,12-13,15H,2,6,9-10H2,1H3,(H,17,20). The van der Waals surface area contributed by atoms with Crippen LogP contribution in [0.3, 0.4) is 0 Å². The van der Waals surface area contributed by atoms with Gasteiger partial charge >= 0.3 is 0 Å². The number of benzene rings is 1. The molecule has 2 fully saturated rings. The van der Waals surface area contributed by atoms with Crippen LogP contribution in [-0.2, 0) is 9.59 Å². The van der Waals surface area contributed by atoms with Gasteiger partial charge in [0.25, 0.3) is 0 Å². The monoisotopic (exact) mass is 272 g/mol. The van der Waals surface area contributed by atoms with E-state index in [2.05, 4.69) is 12.2 Å². The van der Waals surface area contributed by atoms with E-state index in [1.807, 2.05) is 35.2 Å². The van der Waals surface area contributed by atoms with Crippen LogP contribution in [0, 0.1) is 5.92 Å². The number of nitrogens with zero attached hydrogens (tertiary/aromatic N) is 1. The second-order valence-corrected chi connectivity index (χ2v) is 5.68. The zero-order valence-corrected chi connectivity index (χ0v) is 11.7. The lowest BCUT2D eigenvalue weighted by atomic mass is 10.0. The Morgan fingerprint density at radius 2 is 2.00 bits per heavy atom. The smallest absolute Gasteiger partial charge is 0.247 e. The van der Waals surface area contributed by atoms with Gasteiger partial charge in [-0.05, 0) is 24.3 Å². The zero-order valence-electron chi connectivity index (χ0n) is 11.7. The Balaban J connectivity index is 1.87. The summed E-state index contributed by atoms with van der Waals surface area (Å²) in [5, 5.41) is 2.71. The maximum atomic E-state index is 12.3. The van der Waals surface area contributed by atoms with E-state index in [0.717, 1.165) is 24.8 Å². The molecule has 106 valence electrons. The molecule has 3 unspecified atom stereocenters. The van der Waals surface area contributed by atoms with Crippen LogP contribution in [0.25, 0.3) is 0 Å². The number of rotatable bonds is 4. The molecule has 2 amide bonds. The molecule has 4 heteroatoms. The van der Waals surface area contributed by atoms with Gasteiger partial charge in [0.15, 0.2) is 0 Å². The van der Waals surface area contributed by atoms with E-state index in [1.54, 1.807) is 0 Å². The highest BCUT2D eigenvalue weighted by atomic mass is 16.2. The quantitative estimate of drug-likeness (QED) is 0.909. The summed E-state index contributed by atoms with van der Waals surface area (Å²) in [6.45, 7) is 2.30. The van der Waals surface area contributed by atoms with Gasteiger partial charge < -0.3 is 10.2 Å². The van der Waals surface area contributed by atoms with Crippen molar-refractivity contribution >= 4 is 11.8 Å². The van der Waals surface area contributed by atoms with E-state index in [-0.39, 0.29) is 24.4 Å². The van der Waals surface area contributed by atoms with Crippen molar-refractivity contribution in [2.75, 3.05) is 6.54 Å². The predicted octanol–water partition coefficient (Wildman–Crippen LogP) is 1.87. The average molecular weight is 272 g/mol. The van der Waals surface area contributed by atoms with Crippen molar-refractivity contribution < 1.29 is 9.59 Å². The predicted molar refractivity (Wildman–Crippen MR) is 75.8 cm³/mol. The molecule has 0 aromatic heterocycles. The Bertz CT molecular complexity index is 514. The minimum atomic E-state index is -0.454. The maximum absolute atomic E-state index is 12.3. The molecule has 4 nitrogen and oxygen atoms in total. The average Bonchev–Trinajstić information content (AvgIpc) is 3.21. The lowest BCUT2D eigenvalue weighted by Crippen LogP contribution is -2.54. The summed E-state index contributed by atoms with van der Waals surface area (Å²) < 4.78 is 0. The van der Waals surface area contributed by atoms with Crippen LogP contribution < -0.4 is 5.32 Å². The van der Waals surface area contributed by atoms with Crippen LogP contribution in [0.2, 0.25) is 0 Å². The normalized spacial score (nSPS) is 29.2. The lowest BCUT2D eigenvalue weighted by molar-refractivity contribution is -0.146. The van der Waals surface area contributed by atoms with E-state index in [0.29, 0.717) is 5.92 Å². The minimum Gasteiger partial charge on any atom is -0.345 e. The SMILES string of the molecule is CCCC1CC1N1C(=O)CNC(=O)C1c1ccccc1. The van der Waals surface area contributed by atoms with Crippen LogP contribution >= 0.6 is 0 Å². The molecule has 1 aromatic carbocycles. The number of carbonyl (C=O) groups is 2. The van der Waals surface area contributed by atoms with Crippen LogP contribution in [0.15, 0.2) is 30.3 Å². The fourth-order valence-electron chi connectivity index (χ4n) is 3.20. The molecule has 1 aliphatic carbocycles. The lowest BCUT2D eigenvalue weighted by Gasteiger charge is -2.35. The summed E-state index contributed by atoms with van der Waals surface area (Å²) in [5.74, 6) is 0.557. The Labute approximate surface area is 119 Å². The Morgan fingerprint density at radius 1 is 1.25 bits per heavy atom. The molecule has 1 aliphatic heterocycles. The van der Waals surface area contributed by atoms with Gasteiger partial charge in [0.1, 0.15) is 6.04 Å². The van der Waals surface area contributed by atoms with Gasteiger partial charge in [0, 0.05) is 6.04 Å². The number of amides is 2. The van der Waals surface area contributed by atoms with Crippen molar-refractivity contribution in [1.29, 1.82) is 0 Å². The third-order valence-electron chi connectivity index (χ3n) is 4.25. The Morgan fingerprint density at radius 3 is 2.70 bits per heavy atom. The largest absolute Gasteiger partial charge is 0.345 e. The van der Waals surface area contributed by atoms with Crippen molar-refractivity contribution in [3.8, 4) is 0 Å². The maximum Gasteiger partial charge on any atom is 0.247 e. The fourth-order valence-corrected chi connectivity index (χ4v) is 3.20. The van der Waals surface area contributed by atoms with E-state index < -0.39 is 6.04 Å². The van der Waals surface area contributed by atoms with Crippen LogP contribution in [0.1, 0.15) is 37.8 Å². The number of hydrogen-bond donors (Lipinski definition) is 1. The topological polar surface area (TPSA) is 49.4 Å². The van der Waals surface area contributed by atoms with Crippen LogP contribution in [-0.4, -0.2) is 29.3 Å². The van der Waals surface area contributed by atoms with Gasteiger partial charge in [0.2, 0.25) is 11.8 Å². The zero-order chi connectivity index (χ0) is 14.1. The summed E-state index contributed by atoms with van der Waals surface area (Å²) in [6.07, 6.45) is 3.30. The summed E-state index contributed by atoms with van der Waals surface area (Å²) in [5.41, 5.74) is 0.903. The molecule has 1 N–H and O–H groups in total. The van der Waals surface area contributed by atoms with E-state index in [9.17, 15) is 9.59 Å². The molecule has 3 rings (SSSR count). The second-order valence-electron chi connectivity index (χ2n) is 5.68. The second kappa shape index (κ2) is 5.27. The van der Waals surface area contributed by atoms with Gasteiger partial charge in [-0.3, -0.25) is 9.59 Å². The van der Waals surface area contributed by atoms with Gasteiger partial charge in [-0.25, -0.2) is 0 Å². The summed E-state index contributed by atoms with van der Waals surface area (Å²) in [4.78, 5) is 26.3. The van der Waals surface area contributed by atoms with E-state index >= 15 is 0 Å². The van der Waals surface area contributed by atoms with Gasteiger partial charge in [-0.15, -0.1) is 0 Å². The van der Waals surface area contributed by atoms with Gasteiger partial charge in [-0.1, -0.05) is 43.7 Å². The van der Waals surface area contributed by atoms with Gasteiger partial charge in [0.05, 0.1) is 6.54 Å². The van der Waals surface area contributed by atoms with Crippen molar-refractivity contribution in [2.24, 2.45) is 5.92 Å². The highest BCUT2D eigenvalue weighted by Gasteiger charge is 2.49. The molecule has 1 aromatic rings. The number of hydrogen-bond acceptors (Lipinski definition) is 2. The molecule has 2 aliphatic rings. The molecule has 20 heavy (non-hydrogen) atoms. The van der Waals surface area contributed by atoms with Crippen LogP contribution in [0.5, 0.6) is 0 Å². The van der Waals surface area contributed by atoms with Crippen molar-refractivity contribution in [3.63, 3.8) is 0 Å². The van der Waals surface area contributed by atoms with Gasteiger partial charge in [-0.2, -0.15) is 0 Å². The molecule has 0 bridgehead atoms. The molecule has 0 spiro atoms. The first kappa shape index (κ1) is 13.2. The van der Waals surface area contributed by atoms with Crippen LogP contribution in [0.4, 0.5) is 0 Å². The first-order valence-corrected chi connectivity index (χ1v) is 7.36. The number of piperazine rings is 1. The number of carbonyl (C=O) groups excluding carboxylic acids is 2. The molecular formula is C16H20N2O2. The van der Waals surface area contributed by atoms with E-state index in [4.69, 9.17) is 0 Å². The molecule has 1 heterocycles. The third kappa shape index (κ3) is 2.30. The first-order valence-electron chi connectivity index (χ1n) is 7.36. The Kier molecular flexibility index (Phi) is 3.47. The molecule has 1 saturated heterocycles. The molecule has 1 saturated carbocycles. The van der Waals surface area contributed by atoms with Crippen molar-refractivity contribution in [3.05, 3.63) is 35.9 Å². The summed E-state index contributed by atoms with van der Waals surface area (Å²) in [7, 11) is 0. The minimum absolute atomic E-state index is 0.0436. The van der Waals surface area contributed by atoms with Crippen molar-refractivity contribution in [1.82, 2.24) is 10.2 Å². The number of nitrogens with one attached hydrogen (secondary N) is 1. The molecule has 0 radical (unpaired) electrons. The first-order chi connectivity index (χ1) is 9.72. The third-order valence-corrected chi connectivity index (χ3v) is 4.25. The molecule has 3 atom stereocenters. The molecular weight excluding hydrogens is 252 g/mol. The van der Waals surface area contributed by atoms with E-state index in [1.165, 1.54) is 0 Å². The summed E-state index contributed by atoms with van der Waals surface area (Å²) in [6, 6.07) is 9.39.